The molecule has 24 heavy (non-hydrogen) atoms. The molecule has 1 atom stereocenters. The van der Waals surface area contributed by atoms with Crippen molar-refractivity contribution in [2.45, 2.75) is 20.0 Å². The Balaban J connectivity index is 1.97. The molecule has 2 N–H and O–H groups in total. The highest BCUT2D eigenvalue weighted by Gasteiger charge is 2.15. The molecule has 122 valence electrons. The second kappa shape index (κ2) is 5.58. The van der Waals surface area contributed by atoms with Gasteiger partial charge in [0.2, 0.25) is 0 Å². The molecule has 0 aliphatic heterocycles. The van der Waals surface area contributed by atoms with Crippen molar-refractivity contribution in [3.8, 4) is 10.4 Å². The van der Waals surface area contributed by atoms with Crippen molar-refractivity contribution in [1.29, 1.82) is 0 Å². The lowest BCUT2D eigenvalue weighted by atomic mass is 10.1. The summed E-state index contributed by atoms with van der Waals surface area (Å²) < 4.78 is 2.14. The molecule has 0 amide bonds. The molecule has 1 aromatic carbocycles. The molecular formula is C18H18N4OS. The first-order valence-electron chi connectivity index (χ1n) is 7.82. The van der Waals surface area contributed by atoms with Gasteiger partial charge in [-0.15, -0.1) is 11.3 Å². The summed E-state index contributed by atoms with van der Waals surface area (Å²) in [6.07, 6.45) is 1.39. The molecule has 0 spiro atoms. The van der Waals surface area contributed by atoms with Gasteiger partial charge in [-0.1, -0.05) is 18.2 Å². The summed E-state index contributed by atoms with van der Waals surface area (Å²) in [7, 11) is 1.86. The number of aromatic nitrogens is 3. The van der Waals surface area contributed by atoms with E-state index >= 15 is 0 Å². The average Bonchev–Trinajstić information content (AvgIpc) is 3.17. The van der Waals surface area contributed by atoms with Crippen LogP contribution in [0, 0.1) is 6.92 Å². The van der Waals surface area contributed by atoms with Crippen LogP contribution < -0.4 is 5.32 Å². The van der Waals surface area contributed by atoms with E-state index in [1.54, 1.807) is 18.3 Å². The normalized spacial score (nSPS) is 12.8. The molecule has 0 saturated heterocycles. The van der Waals surface area contributed by atoms with Crippen LogP contribution in [0.25, 0.3) is 26.4 Å². The Kier molecular flexibility index (Phi) is 3.51. The number of benzene rings is 1. The molecule has 0 aliphatic rings. The molecule has 0 saturated carbocycles. The Morgan fingerprint density at radius 3 is 2.88 bits per heavy atom. The van der Waals surface area contributed by atoms with E-state index in [1.807, 2.05) is 38.4 Å². The quantitative estimate of drug-likeness (QED) is 0.592. The summed E-state index contributed by atoms with van der Waals surface area (Å²) in [5.41, 5.74) is 4.87. The number of fused-ring (bicyclic) bond motifs is 3. The molecule has 3 heterocycles. The maximum atomic E-state index is 9.82. The molecule has 4 aromatic rings. The van der Waals surface area contributed by atoms with Gasteiger partial charge in [0.1, 0.15) is 10.3 Å². The minimum absolute atomic E-state index is 0.476. The van der Waals surface area contributed by atoms with E-state index in [1.165, 1.54) is 0 Å². The molecule has 5 nitrogen and oxygen atoms in total. The maximum Gasteiger partial charge on any atom is 0.181 e. The Hall–Kier alpha value is -2.44. The molecule has 4 rings (SSSR count). The third-order valence-corrected chi connectivity index (χ3v) is 5.33. The number of hydrogen-bond donors (Lipinski definition) is 2. The molecule has 3 aromatic heterocycles. The highest BCUT2D eigenvalue weighted by atomic mass is 32.1. The van der Waals surface area contributed by atoms with E-state index in [0.29, 0.717) is 0 Å². The van der Waals surface area contributed by atoms with Crippen molar-refractivity contribution in [2.75, 3.05) is 12.4 Å². The van der Waals surface area contributed by atoms with Gasteiger partial charge >= 0.3 is 0 Å². The van der Waals surface area contributed by atoms with Gasteiger partial charge in [0.25, 0.3) is 0 Å². The number of rotatable bonds is 3. The van der Waals surface area contributed by atoms with Crippen molar-refractivity contribution < 1.29 is 5.11 Å². The van der Waals surface area contributed by atoms with E-state index < -0.39 is 6.10 Å². The van der Waals surface area contributed by atoms with Crippen LogP contribution in [0.4, 0.5) is 5.82 Å². The van der Waals surface area contributed by atoms with Gasteiger partial charge in [-0.3, -0.25) is 4.40 Å². The summed E-state index contributed by atoms with van der Waals surface area (Å²) >= 11 is 1.69. The highest BCUT2D eigenvalue weighted by molar-refractivity contribution is 7.21. The van der Waals surface area contributed by atoms with Gasteiger partial charge in [0, 0.05) is 23.8 Å². The lowest BCUT2D eigenvalue weighted by molar-refractivity contribution is 0.199. The summed E-state index contributed by atoms with van der Waals surface area (Å²) in [5.74, 6) is 0.776. The summed E-state index contributed by atoms with van der Waals surface area (Å²) in [6, 6.07) is 10.1. The second-order valence-electron chi connectivity index (χ2n) is 5.87. The van der Waals surface area contributed by atoms with Crippen LogP contribution in [0.5, 0.6) is 0 Å². The lowest BCUT2D eigenvalue weighted by Gasteiger charge is -2.05. The predicted molar refractivity (Wildman–Crippen MR) is 98.7 cm³/mol. The fourth-order valence-electron chi connectivity index (χ4n) is 2.90. The van der Waals surface area contributed by atoms with E-state index in [9.17, 15) is 5.11 Å². The zero-order valence-corrected chi connectivity index (χ0v) is 14.6. The third-order valence-electron chi connectivity index (χ3n) is 4.17. The van der Waals surface area contributed by atoms with Gasteiger partial charge < -0.3 is 10.4 Å². The van der Waals surface area contributed by atoms with Gasteiger partial charge in [0.05, 0.1) is 6.10 Å². The van der Waals surface area contributed by atoms with Crippen LogP contribution in [0.2, 0.25) is 0 Å². The third kappa shape index (κ3) is 2.26. The van der Waals surface area contributed by atoms with Crippen molar-refractivity contribution in [2.24, 2.45) is 0 Å². The lowest BCUT2D eigenvalue weighted by Crippen LogP contribution is -1.98. The van der Waals surface area contributed by atoms with E-state index in [-0.39, 0.29) is 0 Å². The van der Waals surface area contributed by atoms with E-state index in [0.717, 1.165) is 43.5 Å². The van der Waals surface area contributed by atoms with Crippen LogP contribution in [0.15, 0.2) is 36.5 Å². The van der Waals surface area contributed by atoms with Gasteiger partial charge in [-0.2, -0.15) is 0 Å². The number of thiophene rings is 1. The van der Waals surface area contributed by atoms with Gasteiger partial charge in [-0.05, 0) is 37.1 Å². The van der Waals surface area contributed by atoms with Crippen molar-refractivity contribution in [3.05, 3.63) is 47.8 Å². The number of aryl methyl sites for hydroxylation is 1. The molecule has 0 bridgehead atoms. The largest absolute Gasteiger partial charge is 0.389 e. The number of nitrogens with one attached hydrogen (secondary N) is 1. The fraction of sp³-hybridized carbons (Fsp3) is 0.222. The fourth-order valence-corrected chi connectivity index (χ4v) is 4.06. The molecule has 1 unspecified atom stereocenters. The van der Waals surface area contributed by atoms with Crippen molar-refractivity contribution in [3.63, 3.8) is 0 Å². The molecular weight excluding hydrogens is 320 g/mol. The topological polar surface area (TPSA) is 62.5 Å². The van der Waals surface area contributed by atoms with E-state index in [2.05, 4.69) is 26.8 Å². The monoisotopic (exact) mass is 338 g/mol. The number of hydrogen-bond acceptors (Lipinski definition) is 5. The minimum Gasteiger partial charge on any atom is -0.389 e. The van der Waals surface area contributed by atoms with Gasteiger partial charge in [-0.25, -0.2) is 9.97 Å². The standard InChI is InChI=1S/C18H18N4OS/c1-10-9-20-17-16(19-3)21-14-8-15(24-18(14)22(10)17)13-6-4-5-12(7-13)11(2)23/h4-9,11,23H,1-3H3,(H,19,21). The summed E-state index contributed by atoms with van der Waals surface area (Å²) in [5, 5.41) is 12.9. The average molecular weight is 338 g/mol. The Labute approximate surface area is 143 Å². The predicted octanol–water partition coefficient (Wildman–Crippen LogP) is 4.01. The maximum absolute atomic E-state index is 9.82. The summed E-state index contributed by atoms with van der Waals surface area (Å²) in [4.78, 5) is 11.4. The first kappa shape index (κ1) is 15.1. The first-order chi connectivity index (χ1) is 11.6. The van der Waals surface area contributed by atoms with Crippen LogP contribution in [0.1, 0.15) is 24.3 Å². The van der Waals surface area contributed by atoms with E-state index in [4.69, 9.17) is 4.98 Å². The number of aliphatic hydroxyl groups excluding tert-OH is 1. The van der Waals surface area contributed by atoms with Crippen LogP contribution in [-0.2, 0) is 0 Å². The highest BCUT2D eigenvalue weighted by Crippen LogP contribution is 2.35. The molecule has 0 fully saturated rings. The van der Waals surface area contributed by atoms with Crippen LogP contribution in [0.3, 0.4) is 0 Å². The zero-order valence-electron chi connectivity index (χ0n) is 13.7. The number of anilines is 1. The molecule has 6 heteroatoms. The number of imidazole rings is 1. The molecule has 0 aliphatic carbocycles. The SMILES string of the molecule is CNc1nc2cc(-c3cccc(C(C)O)c3)sc2n2c(C)cnc12. The number of nitrogens with zero attached hydrogens (tertiary/aromatic N) is 3. The van der Waals surface area contributed by atoms with Crippen LogP contribution >= 0.6 is 11.3 Å². The van der Waals surface area contributed by atoms with Gasteiger partial charge in [0.15, 0.2) is 11.5 Å². The van der Waals surface area contributed by atoms with Crippen molar-refractivity contribution >= 4 is 33.1 Å². The zero-order chi connectivity index (χ0) is 16.8. The number of aliphatic hydroxyl groups is 1. The van der Waals surface area contributed by atoms with Crippen LogP contribution in [-0.4, -0.2) is 26.5 Å². The minimum atomic E-state index is -0.476. The Bertz CT molecular complexity index is 1050. The first-order valence-corrected chi connectivity index (χ1v) is 8.64. The second-order valence-corrected chi connectivity index (χ2v) is 6.90. The van der Waals surface area contributed by atoms with Crippen molar-refractivity contribution in [1.82, 2.24) is 14.4 Å². The molecule has 0 radical (unpaired) electrons. The summed E-state index contributed by atoms with van der Waals surface area (Å²) in [6.45, 7) is 3.83. The Morgan fingerprint density at radius 1 is 1.29 bits per heavy atom. The Morgan fingerprint density at radius 2 is 2.12 bits per heavy atom. The smallest absolute Gasteiger partial charge is 0.181 e.